The maximum atomic E-state index is 10.6. The van der Waals surface area contributed by atoms with Gasteiger partial charge in [-0.15, -0.1) is 0 Å². The maximum absolute atomic E-state index is 10.6. The fraction of sp³-hybridized carbons (Fsp3) is 0.769. The van der Waals surface area contributed by atoms with Crippen molar-refractivity contribution in [1.29, 1.82) is 0 Å². The first-order valence-corrected chi connectivity index (χ1v) is 5.98. The SMILES string of the molecule is CCC1=CC(C2CC2C=O)CCC1OC. The minimum absolute atomic E-state index is 0.333. The minimum atomic E-state index is 0.333. The number of carbonyl (C=O) groups is 1. The van der Waals surface area contributed by atoms with E-state index in [4.69, 9.17) is 4.74 Å². The summed E-state index contributed by atoms with van der Waals surface area (Å²) >= 11 is 0. The Morgan fingerprint density at radius 1 is 1.53 bits per heavy atom. The van der Waals surface area contributed by atoms with Crippen molar-refractivity contribution < 1.29 is 9.53 Å². The van der Waals surface area contributed by atoms with Crippen LogP contribution in [0.15, 0.2) is 11.6 Å². The van der Waals surface area contributed by atoms with Gasteiger partial charge in [-0.1, -0.05) is 13.0 Å². The van der Waals surface area contributed by atoms with Gasteiger partial charge in [-0.25, -0.2) is 0 Å². The van der Waals surface area contributed by atoms with Crippen molar-refractivity contribution in [3.8, 4) is 0 Å². The van der Waals surface area contributed by atoms with E-state index in [1.54, 1.807) is 7.11 Å². The lowest BCUT2D eigenvalue weighted by Gasteiger charge is -2.27. The molecule has 0 saturated heterocycles. The summed E-state index contributed by atoms with van der Waals surface area (Å²) in [5, 5.41) is 0. The third-order valence-corrected chi connectivity index (χ3v) is 3.91. The van der Waals surface area contributed by atoms with Crippen molar-refractivity contribution in [2.45, 2.75) is 38.7 Å². The van der Waals surface area contributed by atoms with E-state index >= 15 is 0 Å². The fourth-order valence-electron chi connectivity index (χ4n) is 2.83. The van der Waals surface area contributed by atoms with Gasteiger partial charge < -0.3 is 9.53 Å². The second-order valence-corrected chi connectivity index (χ2v) is 4.76. The van der Waals surface area contributed by atoms with Crippen LogP contribution in [0.5, 0.6) is 0 Å². The van der Waals surface area contributed by atoms with E-state index < -0.39 is 0 Å². The first kappa shape index (κ1) is 10.9. The number of methoxy groups -OCH3 is 1. The molecule has 1 saturated carbocycles. The van der Waals surface area contributed by atoms with Gasteiger partial charge in [-0.2, -0.15) is 0 Å². The molecule has 4 unspecified atom stereocenters. The highest BCUT2D eigenvalue weighted by molar-refractivity contribution is 5.58. The van der Waals surface area contributed by atoms with Crippen LogP contribution < -0.4 is 0 Å². The van der Waals surface area contributed by atoms with Gasteiger partial charge in [0.25, 0.3) is 0 Å². The molecule has 0 aromatic carbocycles. The molecule has 0 aliphatic heterocycles. The number of hydrogen-bond donors (Lipinski definition) is 0. The van der Waals surface area contributed by atoms with Gasteiger partial charge in [0.2, 0.25) is 0 Å². The van der Waals surface area contributed by atoms with Crippen LogP contribution in [-0.2, 0) is 9.53 Å². The summed E-state index contributed by atoms with van der Waals surface area (Å²) in [6, 6.07) is 0. The van der Waals surface area contributed by atoms with Gasteiger partial charge in [-0.05, 0) is 43.1 Å². The number of rotatable bonds is 4. The summed E-state index contributed by atoms with van der Waals surface area (Å²) in [6.45, 7) is 2.18. The van der Waals surface area contributed by atoms with Crippen molar-refractivity contribution in [2.24, 2.45) is 17.8 Å². The Bertz CT molecular complexity index is 270. The second-order valence-electron chi connectivity index (χ2n) is 4.76. The summed E-state index contributed by atoms with van der Waals surface area (Å²) < 4.78 is 5.46. The predicted molar refractivity (Wildman–Crippen MR) is 59.6 cm³/mol. The van der Waals surface area contributed by atoms with Crippen LogP contribution in [0.25, 0.3) is 0 Å². The minimum Gasteiger partial charge on any atom is -0.377 e. The first-order chi connectivity index (χ1) is 7.30. The zero-order chi connectivity index (χ0) is 10.8. The zero-order valence-electron chi connectivity index (χ0n) is 9.61. The second kappa shape index (κ2) is 4.48. The van der Waals surface area contributed by atoms with Crippen molar-refractivity contribution >= 4 is 6.29 Å². The fourth-order valence-corrected chi connectivity index (χ4v) is 2.83. The number of aldehydes is 1. The average molecular weight is 208 g/mol. The van der Waals surface area contributed by atoms with Gasteiger partial charge in [0, 0.05) is 13.0 Å². The molecular weight excluding hydrogens is 188 g/mol. The molecule has 0 amide bonds. The number of allylic oxidation sites excluding steroid dienone is 1. The number of carbonyl (C=O) groups excluding carboxylic acids is 1. The molecule has 0 aromatic heterocycles. The van der Waals surface area contributed by atoms with Crippen LogP contribution in [0.3, 0.4) is 0 Å². The molecule has 2 heteroatoms. The zero-order valence-corrected chi connectivity index (χ0v) is 9.61. The van der Waals surface area contributed by atoms with Crippen LogP contribution in [0.1, 0.15) is 32.6 Å². The monoisotopic (exact) mass is 208 g/mol. The van der Waals surface area contributed by atoms with Crippen molar-refractivity contribution in [2.75, 3.05) is 7.11 Å². The third kappa shape index (κ3) is 2.15. The Labute approximate surface area is 91.7 Å². The smallest absolute Gasteiger partial charge is 0.123 e. The maximum Gasteiger partial charge on any atom is 0.123 e. The van der Waals surface area contributed by atoms with Gasteiger partial charge in [0.15, 0.2) is 0 Å². The van der Waals surface area contributed by atoms with Crippen LogP contribution in [-0.4, -0.2) is 19.5 Å². The lowest BCUT2D eigenvalue weighted by Crippen LogP contribution is -2.22. The molecule has 0 bridgehead atoms. The Morgan fingerprint density at radius 3 is 2.87 bits per heavy atom. The van der Waals surface area contributed by atoms with E-state index in [-0.39, 0.29) is 0 Å². The number of hydrogen-bond acceptors (Lipinski definition) is 2. The molecular formula is C13H20O2. The van der Waals surface area contributed by atoms with Crippen LogP contribution in [0.2, 0.25) is 0 Å². The van der Waals surface area contributed by atoms with Crippen molar-refractivity contribution in [1.82, 2.24) is 0 Å². The topological polar surface area (TPSA) is 26.3 Å². The molecule has 2 rings (SSSR count). The molecule has 4 atom stereocenters. The molecule has 0 aromatic rings. The summed E-state index contributed by atoms with van der Waals surface area (Å²) in [4.78, 5) is 10.6. The van der Waals surface area contributed by atoms with Crippen LogP contribution in [0.4, 0.5) is 0 Å². The molecule has 0 N–H and O–H groups in total. The first-order valence-electron chi connectivity index (χ1n) is 5.98. The van der Waals surface area contributed by atoms with Crippen molar-refractivity contribution in [3.63, 3.8) is 0 Å². The highest BCUT2D eigenvalue weighted by atomic mass is 16.5. The quantitative estimate of drug-likeness (QED) is 0.524. The summed E-state index contributed by atoms with van der Waals surface area (Å²) in [5.41, 5.74) is 1.44. The van der Waals surface area contributed by atoms with E-state index in [0.717, 1.165) is 25.5 Å². The highest BCUT2D eigenvalue weighted by Gasteiger charge is 2.43. The Hall–Kier alpha value is -0.630. The summed E-state index contributed by atoms with van der Waals surface area (Å²) in [5.74, 6) is 1.63. The molecule has 2 aliphatic carbocycles. The van der Waals surface area contributed by atoms with E-state index in [2.05, 4.69) is 13.0 Å². The van der Waals surface area contributed by atoms with E-state index in [9.17, 15) is 4.79 Å². The third-order valence-electron chi connectivity index (χ3n) is 3.91. The standard InChI is InChI=1S/C13H20O2/c1-3-9-6-10(4-5-13(9)15-2)12-7-11(12)8-14/h6,8,10-13H,3-5,7H2,1-2H3. The molecule has 15 heavy (non-hydrogen) atoms. The van der Waals surface area contributed by atoms with Crippen molar-refractivity contribution in [3.05, 3.63) is 11.6 Å². The number of ether oxygens (including phenoxy) is 1. The van der Waals surface area contributed by atoms with E-state index in [0.29, 0.717) is 23.9 Å². The van der Waals surface area contributed by atoms with Gasteiger partial charge >= 0.3 is 0 Å². The average Bonchev–Trinajstić information content (AvgIpc) is 3.07. The lowest BCUT2D eigenvalue weighted by molar-refractivity contribution is -0.109. The van der Waals surface area contributed by atoms with Crippen LogP contribution >= 0.6 is 0 Å². The normalized spacial score (nSPS) is 39.7. The van der Waals surface area contributed by atoms with Gasteiger partial charge in [0.1, 0.15) is 6.29 Å². The molecule has 0 heterocycles. The van der Waals surface area contributed by atoms with Gasteiger partial charge in [0.05, 0.1) is 6.10 Å². The van der Waals surface area contributed by atoms with E-state index in [1.807, 2.05) is 0 Å². The van der Waals surface area contributed by atoms with Gasteiger partial charge in [-0.3, -0.25) is 0 Å². The van der Waals surface area contributed by atoms with Crippen LogP contribution in [0, 0.1) is 17.8 Å². The largest absolute Gasteiger partial charge is 0.377 e. The Morgan fingerprint density at radius 2 is 2.33 bits per heavy atom. The Balaban J connectivity index is 2.01. The molecule has 2 nitrogen and oxygen atoms in total. The summed E-state index contributed by atoms with van der Waals surface area (Å²) in [6.07, 6.45) is 8.35. The molecule has 0 spiro atoms. The lowest BCUT2D eigenvalue weighted by atomic mass is 9.84. The molecule has 84 valence electrons. The predicted octanol–water partition coefficient (Wildman–Crippen LogP) is 2.58. The molecule has 0 radical (unpaired) electrons. The Kier molecular flexibility index (Phi) is 3.25. The summed E-state index contributed by atoms with van der Waals surface area (Å²) in [7, 11) is 1.79. The molecule has 2 aliphatic rings. The van der Waals surface area contributed by atoms with E-state index in [1.165, 1.54) is 12.0 Å². The molecule has 1 fully saturated rings. The highest BCUT2D eigenvalue weighted by Crippen LogP contribution is 2.47.